The van der Waals surface area contributed by atoms with Crippen LogP contribution in [0.2, 0.25) is 0 Å². The van der Waals surface area contributed by atoms with Gasteiger partial charge in [0.2, 0.25) is 0 Å². The van der Waals surface area contributed by atoms with E-state index in [0.717, 1.165) is 5.56 Å². The zero-order chi connectivity index (χ0) is 18.7. The Morgan fingerprint density at radius 2 is 1.36 bits per heavy atom. The van der Waals surface area contributed by atoms with Gasteiger partial charge in [0.05, 0.1) is 11.1 Å². The first-order valence-electron chi connectivity index (χ1n) is 7.14. The summed E-state index contributed by atoms with van der Waals surface area (Å²) in [6.45, 7) is 1.68. The Morgan fingerprint density at radius 3 is 1.80 bits per heavy atom. The van der Waals surface area contributed by atoms with Gasteiger partial charge in [0, 0.05) is 11.1 Å². The van der Waals surface area contributed by atoms with Crippen molar-refractivity contribution >= 4 is 5.57 Å². The molecule has 0 aromatic heterocycles. The van der Waals surface area contributed by atoms with Crippen LogP contribution in [0.15, 0.2) is 54.6 Å². The maximum absolute atomic E-state index is 12.8. The first-order chi connectivity index (χ1) is 11.6. The van der Waals surface area contributed by atoms with Gasteiger partial charge in [0.25, 0.3) is 0 Å². The smallest absolute Gasteiger partial charge is 0.166 e. The van der Waals surface area contributed by atoms with E-state index in [1.165, 1.54) is 0 Å². The van der Waals surface area contributed by atoms with Gasteiger partial charge in [-0.2, -0.15) is 26.3 Å². The summed E-state index contributed by atoms with van der Waals surface area (Å²) in [5.41, 5.74) is -1.88. The minimum absolute atomic E-state index is 0.0823. The number of rotatable bonds is 1. The quantitative estimate of drug-likeness (QED) is 0.424. The number of benzene rings is 2. The number of allylic oxidation sites excluding steroid dienone is 2. The van der Waals surface area contributed by atoms with Crippen LogP contribution in [-0.2, 0) is 12.4 Å². The molecular weight excluding hydrogens is 342 g/mol. The van der Waals surface area contributed by atoms with Crippen molar-refractivity contribution in [1.29, 1.82) is 0 Å². The van der Waals surface area contributed by atoms with E-state index >= 15 is 0 Å². The second kappa shape index (κ2) is 7.06. The lowest BCUT2D eigenvalue weighted by Crippen LogP contribution is -2.11. The Bertz CT molecular complexity index is 798. The Hall–Kier alpha value is -2.68. The summed E-state index contributed by atoms with van der Waals surface area (Å²) in [6, 6.07) is 10.1. The molecule has 0 aliphatic rings. The van der Waals surface area contributed by atoms with Crippen LogP contribution < -0.4 is 0 Å². The highest BCUT2D eigenvalue weighted by Crippen LogP contribution is 2.36. The summed E-state index contributed by atoms with van der Waals surface area (Å²) in [5.74, 6) is 5.04. The minimum atomic E-state index is -4.89. The Balaban J connectivity index is 2.50. The monoisotopic (exact) mass is 354 g/mol. The Kier molecular flexibility index (Phi) is 5.27. The average Bonchev–Trinajstić information content (AvgIpc) is 2.54. The SMILES string of the molecule is CC=C(C#Cc1cc(C(F)(F)F)cc(C(F)(F)F)c1)c1ccccc1. The van der Waals surface area contributed by atoms with Gasteiger partial charge in [0.1, 0.15) is 0 Å². The topological polar surface area (TPSA) is 0 Å². The van der Waals surface area contributed by atoms with Crippen LogP contribution in [0.1, 0.15) is 29.2 Å². The van der Waals surface area contributed by atoms with Crippen LogP contribution in [0.4, 0.5) is 26.3 Å². The molecule has 0 amide bonds. The van der Waals surface area contributed by atoms with Gasteiger partial charge >= 0.3 is 12.4 Å². The van der Waals surface area contributed by atoms with Crippen LogP contribution in [0.25, 0.3) is 5.57 Å². The number of alkyl halides is 6. The van der Waals surface area contributed by atoms with Gasteiger partial charge in [-0.3, -0.25) is 0 Å². The molecule has 0 unspecified atom stereocenters. The molecule has 0 aliphatic heterocycles. The molecule has 6 heteroatoms. The zero-order valence-corrected chi connectivity index (χ0v) is 13.0. The van der Waals surface area contributed by atoms with Crippen LogP contribution in [0, 0.1) is 11.8 Å². The predicted octanol–water partition coefficient (Wildman–Crippen LogP) is 6.18. The van der Waals surface area contributed by atoms with Crippen molar-refractivity contribution in [3.63, 3.8) is 0 Å². The normalized spacial score (nSPS) is 12.5. The fraction of sp³-hybridized carbons (Fsp3) is 0.158. The number of halogens is 6. The fourth-order valence-electron chi connectivity index (χ4n) is 2.10. The van der Waals surface area contributed by atoms with Crippen molar-refractivity contribution in [3.05, 3.63) is 76.9 Å². The molecule has 0 fully saturated rings. The molecule has 0 spiro atoms. The average molecular weight is 354 g/mol. The number of hydrogen-bond donors (Lipinski definition) is 0. The highest BCUT2D eigenvalue weighted by molar-refractivity contribution is 5.79. The van der Waals surface area contributed by atoms with Gasteiger partial charge in [-0.05, 0) is 30.7 Å². The van der Waals surface area contributed by atoms with E-state index in [1.807, 2.05) is 0 Å². The standard InChI is InChI=1S/C19H12F6/c1-2-14(15-6-4-3-5-7-15)9-8-13-10-16(18(20,21)22)12-17(11-13)19(23,24)25/h2-7,10-12H,1H3. The summed E-state index contributed by atoms with van der Waals surface area (Å²) < 4.78 is 77.0. The van der Waals surface area contributed by atoms with Crippen molar-refractivity contribution in [1.82, 2.24) is 0 Å². The van der Waals surface area contributed by atoms with Gasteiger partial charge < -0.3 is 0 Å². The summed E-state index contributed by atoms with van der Waals surface area (Å²) in [4.78, 5) is 0. The number of hydrogen-bond acceptors (Lipinski definition) is 0. The molecule has 2 rings (SSSR count). The second-order valence-corrected chi connectivity index (χ2v) is 5.11. The molecule has 0 heterocycles. The molecule has 0 saturated heterocycles. The molecule has 0 radical (unpaired) electrons. The Labute approximate surface area is 140 Å². The summed E-state index contributed by atoms with van der Waals surface area (Å²) >= 11 is 0. The summed E-state index contributed by atoms with van der Waals surface area (Å²) in [7, 11) is 0. The summed E-state index contributed by atoms with van der Waals surface area (Å²) in [6.07, 6.45) is -8.14. The van der Waals surface area contributed by atoms with Gasteiger partial charge in [-0.25, -0.2) is 0 Å². The van der Waals surface area contributed by atoms with Crippen LogP contribution in [0.3, 0.4) is 0 Å². The lowest BCUT2D eigenvalue weighted by Gasteiger charge is -2.12. The summed E-state index contributed by atoms with van der Waals surface area (Å²) in [5, 5.41) is 0. The van der Waals surface area contributed by atoms with Gasteiger partial charge in [0.15, 0.2) is 0 Å². The molecular formula is C19H12F6. The lowest BCUT2D eigenvalue weighted by atomic mass is 10.0. The van der Waals surface area contributed by atoms with E-state index in [4.69, 9.17) is 0 Å². The molecule has 0 aliphatic carbocycles. The van der Waals surface area contributed by atoms with E-state index in [9.17, 15) is 26.3 Å². The predicted molar refractivity (Wildman–Crippen MR) is 83.4 cm³/mol. The third-order valence-electron chi connectivity index (χ3n) is 3.30. The van der Waals surface area contributed by atoms with E-state index < -0.39 is 23.5 Å². The van der Waals surface area contributed by atoms with Crippen LogP contribution in [-0.4, -0.2) is 0 Å². The first kappa shape index (κ1) is 18.7. The molecule has 0 N–H and O–H groups in total. The second-order valence-electron chi connectivity index (χ2n) is 5.11. The lowest BCUT2D eigenvalue weighted by molar-refractivity contribution is -0.143. The molecule has 2 aromatic rings. The third-order valence-corrected chi connectivity index (χ3v) is 3.30. The van der Waals surface area contributed by atoms with E-state index in [0.29, 0.717) is 17.7 Å². The highest BCUT2D eigenvalue weighted by atomic mass is 19.4. The molecule has 0 bridgehead atoms. The van der Waals surface area contributed by atoms with Crippen LogP contribution >= 0.6 is 0 Å². The third kappa shape index (κ3) is 4.90. The van der Waals surface area contributed by atoms with Gasteiger partial charge in [-0.1, -0.05) is 48.2 Å². The van der Waals surface area contributed by atoms with Gasteiger partial charge in [-0.15, -0.1) is 0 Å². The van der Waals surface area contributed by atoms with E-state index in [2.05, 4.69) is 11.8 Å². The van der Waals surface area contributed by atoms with Crippen LogP contribution in [0.5, 0.6) is 0 Å². The van der Waals surface area contributed by atoms with Crippen molar-refractivity contribution in [2.24, 2.45) is 0 Å². The highest BCUT2D eigenvalue weighted by Gasteiger charge is 2.36. The van der Waals surface area contributed by atoms with E-state index in [1.54, 1.807) is 43.3 Å². The molecule has 130 valence electrons. The fourth-order valence-corrected chi connectivity index (χ4v) is 2.10. The van der Waals surface area contributed by atoms with E-state index in [-0.39, 0.29) is 11.6 Å². The maximum atomic E-state index is 12.8. The van der Waals surface area contributed by atoms with Crippen molar-refractivity contribution in [2.75, 3.05) is 0 Å². The van der Waals surface area contributed by atoms with Crippen molar-refractivity contribution in [2.45, 2.75) is 19.3 Å². The molecule has 0 nitrogen and oxygen atoms in total. The largest absolute Gasteiger partial charge is 0.416 e. The molecule has 2 aromatic carbocycles. The minimum Gasteiger partial charge on any atom is -0.166 e. The van der Waals surface area contributed by atoms with Crippen molar-refractivity contribution in [3.8, 4) is 11.8 Å². The van der Waals surface area contributed by atoms with Crippen molar-refractivity contribution < 1.29 is 26.3 Å². The molecule has 0 atom stereocenters. The Morgan fingerprint density at radius 1 is 0.840 bits per heavy atom. The molecule has 0 saturated carbocycles. The molecule has 25 heavy (non-hydrogen) atoms. The maximum Gasteiger partial charge on any atom is 0.416 e. The first-order valence-corrected chi connectivity index (χ1v) is 7.14. The zero-order valence-electron chi connectivity index (χ0n) is 13.0.